The summed E-state index contributed by atoms with van der Waals surface area (Å²) in [5.74, 6) is 0.215. The first-order valence-corrected chi connectivity index (χ1v) is 7.46. The van der Waals surface area contributed by atoms with Crippen molar-refractivity contribution in [3.63, 3.8) is 0 Å². The number of halogens is 3. The topological polar surface area (TPSA) is 45.7 Å². The SMILES string of the molecule is CC(C)Oc1ccc(C(=O)N2CCN(CC(F)(F)F)CC2)cn1. The summed E-state index contributed by atoms with van der Waals surface area (Å²) in [5, 5.41) is 0. The Balaban J connectivity index is 1.89. The number of alkyl halides is 3. The zero-order valence-electron chi connectivity index (χ0n) is 13.1. The van der Waals surface area contributed by atoms with Crippen molar-refractivity contribution in [3.8, 4) is 5.88 Å². The second-order valence-electron chi connectivity index (χ2n) is 5.74. The molecule has 0 aromatic carbocycles. The number of aromatic nitrogens is 1. The number of rotatable bonds is 4. The van der Waals surface area contributed by atoms with Crippen LogP contribution in [0.15, 0.2) is 18.3 Å². The molecule has 1 aromatic heterocycles. The van der Waals surface area contributed by atoms with Gasteiger partial charge in [-0.15, -0.1) is 0 Å². The van der Waals surface area contributed by atoms with Crippen LogP contribution in [0.25, 0.3) is 0 Å². The Bertz CT molecular complexity index is 524. The number of carbonyl (C=O) groups excluding carboxylic acids is 1. The van der Waals surface area contributed by atoms with Crippen LogP contribution >= 0.6 is 0 Å². The van der Waals surface area contributed by atoms with E-state index < -0.39 is 12.7 Å². The lowest BCUT2D eigenvalue weighted by molar-refractivity contribution is -0.148. The lowest BCUT2D eigenvalue weighted by atomic mass is 10.2. The van der Waals surface area contributed by atoms with Gasteiger partial charge in [0.25, 0.3) is 5.91 Å². The fraction of sp³-hybridized carbons (Fsp3) is 0.600. The van der Waals surface area contributed by atoms with Crippen LogP contribution in [0.5, 0.6) is 5.88 Å². The second-order valence-corrected chi connectivity index (χ2v) is 5.74. The van der Waals surface area contributed by atoms with Gasteiger partial charge in [-0.05, 0) is 19.9 Å². The number of hydrogen-bond donors (Lipinski definition) is 0. The summed E-state index contributed by atoms with van der Waals surface area (Å²) < 4.78 is 42.4. The molecule has 5 nitrogen and oxygen atoms in total. The molecule has 1 amide bonds. The standard InChI is InChI=1S/C15H20F3N3O2/c1-11(2)23-13-4-3-12(9-19-13)14(22)21-7-5-20(6-8-21)10-15(16,17)18/h3-4,9,11H,5-8,10H2,1-2H3. The first-order valence-electron chi connectivity index (χ1n) is 7.46. The molecule has 1 aromatic rings. The summed E-state index contributed by atoms with van der Waals surface area (Å²) in [6.07, 6.45) is -2.78. The molecule has 1 fully saturated rings. The van der Waals surface area contributed by atoms with Gasteiger partial charge < -0.3 is 9.64 Å². The Kier molecular flexibility index (Phi) is 5.46. The highest BCUT2D eigenvalue weighted by Gasteiger charge is 2.33. The molecule has 2 rings (SSSR count). The van der Waals surface area contributed by atoms with E-state index in [1.54, 1.807) is 17.0 Å². The minimum Gasteiger partial charge on any atom is -0.475 e. The Morgan fingerprint density at radius 2 is 1.91 bits per heavy atom. The number of pyridine rings is 1. The maximum atomic E-state index is 12.3. The van der Waals surface area contributed by atoms with E-state index in [0.717, 1.165) is 0 Å². The molecule has 0 aliphatic carbocycles. The molecule has 23 heavy (non-hydrogen) atoms. The number of piperazine rings is 1. The summed E-state index contributed by atoms with van der Waals surface area (Å²) in [4.78, 5) is 19.3. The van der Waals surface area contributed by atoms with Crippen LogP contribution in [0.1, 0.15) is 24.2 Å². The molecule has 0 saturated carbocycles. The van der Waals surface area contributed by atoms with Crippen molar-refractivity contribution in [2.24, 2.45) is 0 Å². The quantitative estimate of drug-likeness (QED) is 0.848. The summed E-state index contributed by atoms with van der Waals surface area (Å²) in [7, 11) is 0. The molecule has 0 N–H and O–H groups in total. The third kappa shape index (κ3) is 5.38. The maximum absolute atomic E-state index is 12.3. The van der Waals surface area contributed by atoms with E-state index in [1.807, 2.05) is 13.8 Å². The molecule has 128 valence electrons. The van der Waals surface area contributed by atoms with Gasteiger partial charge in [-0.3, -0.25) is 9.69 Å². The van der Waals surface area contributed by atoms with Crippen LogP contribution < -0.4 is 4.74 Å². The van der Waals surface area contributed by atoms with Crippen molar-refractivity contribution in [1.29, 1.82) is 0 Å². The Hall–Kier alpha value is -1.83. The molecule has 0 unspecified atom stereocenters. The van der Waals surface area contributed by atoms with Gasteiger partial charge in [-0.2, -0.15) is 13.2 Å². The largest absolute Gasteiger partial charge is 0.475 e. The van der Waals surface area contributed by atoms with Gasteiger partial charge in [-0.1, -0.05) is 0 Å². The monoisotopic (exact) mass is 331 g/mol. The van der Waals surface area contributed by atoms with E-state index in [2.05, 4.69) is 4.98 Å². The second kappa shape index (κ2) is 7.16. The minimum atomic E-state index is -4.21. The van der Waals surface area contributed by atoms with Gasteiger partial charge in [0.15, 0.2) is 0 Å². The maximum Gasteiger partial charge on any atom is 0.401 e. The average molecular weight is 331 g/mol. The normalized spacial score (nSPS) is 16.7. The number of carbonyl (C=O) groups is 1. The lowest BCUT2D eigenvalue weighted by Crippen LogP contribution is -2.50. The number of hydrogen-bond acceptors (Lipinski definition) is 4. The summed E-state index contributed by atoms with van der Waals surface area (Å²) in [5.41, 5.74) is 0.408. The fourth-order valence-electron chi connectivity index (χ4n) is 2.36. The van der Waals surface area contributed by atoms with Crippen molar-refractivity contribution < 1.29 is 22.7 Å². The number of amides is 1. The van der Waals surface area contributed by atoms with E-state index in [0.29, 0.717) is 11.4 Å². The van der Waals surface area contributed by atoms with Crippen molar-refractivity contribution in [2.45, 2.75) is 26.1 Å². The van der Waals surface area contributed by atoms with Crippen molar-refractivity contribution >= 4 is 5.91 Å². The third-order valence-corrected chi connectivity index (χ3v) is 3.40. The van der Waals surface area contributed by atoms with Crippen LogP contribution in [0.3, 0.4) is 0 Å². The Labute approximate surface area is 133 Å². The van der Waals surface area contributed by atoms with Crippen LogP contribution in [0.2, 0.25) is 0 Å². The summed E-state index contributed by atoms with van der Waals surface area (Å²) >= 11 is 0. The molecule has 0 radical (unpaired) electrons. The first kappa shape index (κ1) is 17.5. The van der Waals surface area contributed by atoms with Crippen molar-refractivity contribution in [3.05, 3.63) is 23.9 Å². The van der Waals surface area contributed by atoms with Gasteiger partial charge in [0.1, 0.15) is 0 Å². The Morgan fingerprint density at radius 3 is 2.39 bits per heavy atom. The molecule has 0 bridgehead atoms. The van der Waals surface area contributed by atoms with Gasteiger partial charge in [0, 0.05) is 38.4 Å². The molecule has 2 heterocycles. The van der Waals surface area contributed by atoms with Crippen LogP contribution in [0, 0.1) is 0 Å². The lowest BCUT2D eigenvalue weighted by Gasteiger charge is -2.35. The minimum absolute atomic E-state index is 0.00855. The molecule has 1 aliphatic rings. The van der Waals surface area contributed by atoms with Crippen LogP contribution in [-0.4, -0.2) is 65.7 Å². The van der Waals surface area contributed by atoms with Gasteiger partial charge in [-0.25, -0.2) is 4.98 Å². The zero-order chi connectivity index (χ0) is 17.0. The zero-order valence-corrected chi connectivity index (χ0v) is 13.1. The summed E-state index contributed by atoms with van der Waals surface area (Å²) in [6.45, 7) is 3.80. The molecule has 1 saturated heterocycles. The van der Waals surface area contributed by atoms with Crippen molar-refractivity contribution in [2.75, 3.05) is 32.7 Å². The van der Waals surface area contributed by atoms with E-state index in [1.165, 1.54) is 11.1 Å². The molecule has 0 atom stereocenters. The number of ether oxygens (including phenoxy) is 1. The van der Waals surface area contributed by atoms with E-state index in [9.17, 15) is 18.0 Å². The summed E-state index contributed by atoms with van der Waals surface area (Å²) in [6, 6.07) is 3.24. The fourth-order valence-corrected chi connectivity index (χ4v) is 2.36. The van der Waals surface area contributed by atoms with Gasteiger partial charge >= 0.3 is 6.18 Å². The highest BCUT2D eigenvalue weighted by atomic mass is 19.4. The molecule has 1 aliphatic heterocycles. The molecule has 0 spiro atoms. The third-order valence-electron chi connectivity index (χ3n) is 3.40. The van der Waals surface area contributed by atoms with E-state index >= 15 is 0 Å². The first-order chi connectivity index (χ1) is 10.7. The smallest absolute Gasteiger partial charge is 0.401 e. The van der Waals surface area contributed by atoms with Crippen LogP contribution in [0.4, 0.5) is 13.2 Å². The molecule has 8 heteroatoms. The number of nitrogens with zero attached hydrogens (tertiary/aromatic N) is 3. The molecular formula is C15H20F3N3O2. The predicted molar refractivity (Wildman–Crippen MR) is 78.4 cm³/mol. The van der Waals surface area contributed by atoms with Crippen LogP contribution in [-0.2, 0) is 0 Å². The highest BCUT2D eigenvalue weighted by molar-refractivity contribution is 5.94. The Morgan fingerprint density at radius 1 is 1.26 bits per heavy atom. The highest BCUT2D eigenvalue weighted by Crippen LogP contribution is 2.18. The molecular weight excluding hydrogens is 311 g/mol. The average Bonchev–Trinajstić information content (AvgIpc) is 2.46. The predicted octanol–water partition coefficient (Wildman–Crippen LogP) is 2.19. The van der Waals surface area contributed by atoms with E-state index in [4.69, 9.17) is 4.74 Å². The van der Waals surface area contributed by atoms with Crippen molar-refractivity contribution in [1.82, 2.24) is 14.8 Å². The van der Waals surface area contributed by atoms with Gasteiger partial charge in [0.05, 0.1) is 18.2 Å². The van der Waals surface area contributed by atoms with E-state index in [-0.39, 0.29) is 38.2 Å². The van der Waals surface area contributed by atoms with Gasteiger partial charge in [0.2, 0.25) is 5.88 Å².